The van der Waals surface area contributed by atoms with Crippen LogP contribution in [-0.4, -0.2) is 37.2 Å². The molecule has 0 spiro atoms. The molecule has 0 aromatic heterocycles. The minimum absolute atomic E-state index is 0.0985. The van der Waals surface area contributed by atoms with Gasteiger partial charge in [0, 0.05) is 19.3 Å². The topological polar surface area (TPSA) is 78.9 Å². The molecule has 0 aliphatic heterocycles. The Morgan fingerprint density at radius 3 is 1.03 bits per heavy atom. The van der Waals surface area contributed by atoms with E-state index in [1.54, 1.807) is 0 Å². The van der Waals surface area contributed by atoms with Crippen LogP contribution < -0.4 is 0 Å². The number of hydrogen-bond donors (Lipinski definition) is 0. The minimum atomic E-state index is -0.806. The molecule has 6 heteroatoms. The van der Waals surface area contributed by atoms with Crippen LogP contribution in [0.4, 0.5) is 0 Å². The van der Waals surface area contributed by atoms with E-state index in [9.17, 15) is 14.4 Å². The van der Waals surface area contributed by atoms with Gasteiger partial charge in [0.2, 0.25) is 0 Å². The summed E-state index contributed by atoms with van der Waals surface area (Å²) in [5, 5.41) is 0. The molecule has 0 fully saturated rings. The summed E-state index contributed by atoms with van der Waals surface area (Å²) in [5.74, 6) is -0.961. The lowest BCUT2D eigenvalue weighted by Crippen LogP contribution is -2.30. The lowest BCUT2D eigenvalue weighted by Gasteiger charge is -2.18. The SMILES string of the molecule is CC/C=C\C/C=C\C/C=C\C/C=C\C/C=C\CCCC(=O)OC(COC(=O)CCCCCCC/C=C\CCCCC)COC(=O)CCCCCCCCCCCCCCCCCCCC. The van der Waals surface area contributed by atoms with Crippen LogP contribution in [0.2, 0.25) is 0 Å². The Morgan fingerprint density at radius 2 is 0.615 bits per heavy atom. The predicted molar refractivity (Wildman–Crippen MR) is 279 cm³/mol. The fourth-order valence-electron chi connectivity index (χ4n) is 7.59. The van der Waals surface area contributed by atoms with Gasteiger partial charge in [-0.25, -0.2) is 0 Å². The molecular formula is C59H102O6. The van der Waals surface area contributed by atoms with Crippen LogP contribution in [0.1, 0.15) is 265 Å². The molecule has 0 aromatic rings. The maximum atomic E-state index is 12.8. The Kier molecular flexibility index (Phi) is 50.9. The molecule has 1 unspecified atom stereocenters. The highest BCUT2D eigenvalue weighted by atomic mass is 16.6. The highest BCUT2D eigenvalue weighted by Crippen LogP contribution is 2.16. The lowest BCUT2D eigenvalue weighted by molar-refractivity contribution is -0.167. The van der Waals surface area contributed by atoms with Crippen LogP contribution in [0.25, 0.3) is 0 Å². The molecule has 0 rings (SSSR count). The Labute approximate surface area is 402 Å². The third-order valence-electron chi connectivity index (χ3n) is 11.7. The first-order valence-electron chi connectivity index (χ1n) is 27.4. The summed E-state index contributed by atoms with van der Waals surface area (Å²) >= 11 is 0. The van der Waals surface area contributed by atoms with E-state index >= 15 is 0 Å². The van der Waals surface area contributed by atoms with Crippen molar-refractivity contribution in [1.29, 1.82) is 0 Å². The van der Waals surface area contributed by atoms with Crippen molar-refractivity contribution in [2.75, 3.05) is 13.2 Å². The molecular weight excluding hydrogens is 805 g/mol. The molecule has 0 aliphatic carbocycles. The van der Waals surface area contributed by atoms with Gasteiger partial charge in [0.1, 0.15) is 13.2 Å². The van der Waals surface area contributed by atoms with E-state index in [2.05, 4.69) is 93.7 Å². The third kappa shape index (κ3) is 51.7. The maximum absolute atomic E-state index is 12.8. The maximum Gasteiger partial charge on any atom is 0.306 e. The van der Waals surface area contributed by atoms with Gasteiger partial charge in [-0.2, -0.15) is 0 Å². The van der Waals surface area contributed by atoms with Crippen LogP contribution >= 0.6 is 0 Å². The second kappa shape index (κ2) is 53.5. The number of unbranched alkanes of at least 4 members (excludes halogenated alkanes) is 26. The van der Waals surface area contributed by atoms with Crippen molar-refractivity contribution in [3.63, 3.8) is 0 Å². The first kappa shape index (κ1) is 61.9. The molecule has 1 atom stereocenters. The van der Waals surface area contributed by atoms with Crippen molar-refractivity contribution in [3.8, 4) is 0 Å². The van der Waals surface area contributed by atoms with E-state index in [1.807, 2.05) is 0 Å². The number of esters is 3. The van der Waals surface area contributed by atoms with E-state index < -0.39 is 6.10 Å². The average molecular weight is 907 g/mol. The van der Waals surface area contributed by atoms with E-state index in [4.69, 9.17) is 14.2 Å². The molecule has 0 aromatic carbocycles. The molecule has 0 saturated carbocycles. The summed E-state index contributed by atoms with van der Waals surface area (Å²) in [6.07, 6.45) is 67.5. The van der Waals surface area contributed by atoms with Gasteiger partial charge in [-0.1, -0.05) is 235 Å². The first-order valence-corrected chi connectivity index (χ1v) is 27.4. The highest BCUT2D eigenvalue weighted by Gasteiger charge is 2.19. The summed E-state index contributed by atoms with van der Waals surface area (Å²) in [7, 11) is 0. The smallest absolute Gasteiger partial charge is 0.306 e. The van der Waals surface area contributed by atoms with Crippen molar-refractivity contribution >= 4 is 17.9 Å². The van der Waals surface area contributed by atoms with Crippen molar-refractivity contribution in [1.82, 2.24) is 0 Å². The summed E-state index contributed by atoms with van der Waals surface area (Å²) in [6.45, 7) is 6.46. The molecule has 0 bridgehead atoms. The van der Waals surface area contributed by atoms with Gasteiger partial charge in [-0.05, 0) is 83.5 Å². The standard InChI is InChI=1S/C59H102O6/c1-4-7-10-13-16-19-22-25-27-29-31-32-34-37-40-43-46-49-52-58(61)64-55-56(54-63-57(60)51-48-45-42-39-36-24-21-18-15-12-9-6-3)65-59(62)53-50-47-44-41-38-35-33-30-28-26-23-20-17-14-11-8-5-2/h8,11,17-18,20-21,26,28,33,35,41,44,56H,4-7,9-10,12-16,19,22-25,27,29-32,34,36-40,42-43,45-55H2,1-3H3/b11-8-,20-17-,21-18-,28-26-,35-33-,44-41-. The molecule has 0 heterocycles. The molecule has 6 nitrogen and oxygen atoms in total. The van der Waals surface area contributed by atoms with Crippen molar-refractivity contribution < 1.29 is 28.6 Å². The van der Waals surface area contributed by atoms with Crippen LogP contribution in [-0.2, 0) is 28.6 Å². The average Bonchev–Trinajstić information content (AvgIpc) is 3.30. The highest BCUT2D eigenvalue weighted by molar-refractivity contribution is 5.71. The monoisotopic (exact) mass is 907 g/mol. The van der Waals surface area contributed by atoms with E-state index in [0.717, 1.165) is 83.5 Å². The van der Waals surface area contributed by atoms with Crippen LogP contribution in [0.3, 0.4) is 0 Å². The van der Waals surface area contributed by atoms with Gasteiger partial charge < -0.3 is 14.2 Å². The Balaban J connectivity index is 4.43. The minimum Gasteiger partial charge on any atom is -0.462 e. The number of carbonyl (C=O) groups excluding carboxylic acids is 3. The molecule has 0 N–H and O–H groups in total. The van der Waals surface area contributed by atoms with Gasteiger partial charge in [-0.3, -0.25) is 14.4 Å². The molecule has 0 aliphatic rings. The number of allylic oxidation sites excluding steroid dienone is 12. The first-order chi connectivity index (χ1) is 32.0. The summed E-state index contributed by atoms with van der Waals surface area (Å²) < 4.78 is 16.8. The fraction of sp³-hybridized carbons (Fsp3) is 0.746. The molecule has 0 amide bonds. The van der Waals surface area contributed by atoms with Gasteiger partial charge in [-0.15, -0.1) is 0 Å². The Morgan fingerprint density at radius 1 is 0.323 bits per heavy atom. The van der Waals surface area contributed by atoms with E-state index in [1.165, 1.54) is 135 Å². The number of hydrogen-bond acceptors (Lipinski definition) is 6. The summed E-state index contributed by atoms with van der Waals surface area (Å²) in [6, 6.07) is 0. The van der Waals surface area contributed by atoms with Gasteiger partial charge >= 0.3 is 17.9 Å². The predicted octanol–water partition coefficient (Wildman–Crippen LogP) is 18.2. The molecule has 0 radical (unpaired) electrons. The van der Waals surface area contributed by atoms with Gasteiger partial charge in [0.15, 0.2) is 6.10 Å². The van der Waals surface area contributed by atoms with Gasteiger partial charge in [0.05, 0.1) is 0 Å². The van der Waals surface area contributed by atoms with Crippen molar-refractivity contribution in [2.45, 2.75) is 271 Å². The summed E-state index contributed by atoms with van der Waals surface area (Å²) in [4.78, 5) is 38.0. The largest absolute Gasteiger partial charge is 0.462 e. The quantitative estimate of drug-likeness (QED) is 0.0262. The normalized spacial score (nSPS) is 12.6. The fourth-order valence-corrected chi connectivity index (χ4v) is 7.59. The Bertz CT molecular complexity index is 1230. The zero-order valence-corrected chi connectivity index (χ0v) is 42.7. The zero-order chi connectivity index (χ0) is 47.2. The van der Waals surface area contributed by atoms with E-state index in [-0.39, 0.29) is 37.5 Å². The zero-order valence-electron chi connectivity index (χ0n) is 42.7. The second-order valence-electron chi connectivity index (χ2n) is 18.1. The number of ether oxygens (including phenoxy) is 3. The van der Waals surface area contributed by atoms with Crippen LogP contribution in [0.5, 0.6) is 0 Å². The van der Waals surface area contributed by atoms with Gasteiger partial charge in [0.25, 0.3) is 0 Å². The number of rotatable bonds is 49. The molecule has 0 saturated heterocycles. The third-order valence-corrected chi connectivity index (χ3v) is 11.7. The molecule has 374 valence electrons. The van der Waals surface area contributed by atoms with Crippen LogP contribution in [0, 0.1) is 0 Å². The van der Waals surface area contributed by atoms with Crippen molar-refractivity contribution in [2.24, 2.45) is 0 Å². The lowest BCUT2D eigenvalue weighted by atomic mass is 10.0. The van der Waals surface area contributed by atoms with Crippen molar-refractivity contribution in [3.05, 3.63) is 72.9 Å². The Hall–Kier alpha value is -3.15. The summed E-state index contributed by atoms with van der Waals surface area (Å²) in [5.41, 5.74) is 0. The van der Waals surface area contributed by atoms with E-state index in [0.29, 0.717) is 19.3 Å². The second-order valence-corrected chi connectivity index (χ2v) is 18.1. The molecule has 65 heavy (non-hydrogen) atoms. The van der Waals surface area contributed by atoms with Crippen LogP contribution in [0.15, 0.2) is 72.9 Å². The number of carbonyl (C=O) groups is 3.